The number of allylic oxidation sites excluding steroid dienone is 2. The summed E-state index contributed by atoms with van der Waals surface area (Å²) < 4.78 is 0. The molecule has 1 heteroatoms. The van der Waals surface area contributed by atoms with Crippen LogP contribution in [0, 0.1) is 17.2 Å². The van der Waals surface area contributed by atoms with Crippen molar-refractivity contribution in [3.8, 4) is 6.07 Å². The van der Waals surface area contributed by atoms with Crippen molar-refractivity contribution >= 4 is 0 Å². The molecule has 0 unspecified atom stereocenters. The Morgan fingerprint density at radius 2 is 2.62 bits per heavy atom. The summed E-state index contributed by atoms with van der Waals surface area (Å²) in [4.78, 5) is 0. The number of nitrogens with zero attached hydrogens (tertiary/aromatic N) is 1. The highest BCUT2D eigenvalue weighted by atomic mass is 14.3. The van der Waals surface area contributed by atoms with Gasteiger partial charge in [0.05, 0.1) is 6.07 Å². The first-order valence-corrected chi connectivity index (χ1v) is 2.93. The van der Waals surface area contributed by atoms with E-state index < -0.39 is 0 Å². The quantitative estimate of drug-likeness (QED) is 0.463. The van der Waals surface area contributed by atoms with Crippen molar-refractivity contribution in [3.05, 3.63) is 11.6 Å². The van der Waals surface area contributed by atoms with E-state index in [1.807, 2.05) is 0 Å². The second kappa shape index (κ2) is 2.00. The summed E-state index contributed by atoms with van der Waals surface area (Å²) in [7, 11) is 0. The lowest BCUT2D eigenvalue weighted by Gasteiger charge is -1.89. The Kier molecular flexibility index (Phi) is 1.34. The molecule has 0 fully saturated rings. The highest BCUT2D eigenvalue weighted by Crippen LogP contribution is 2.21. The Balaban J connectivity index is 2.61. The maximum atomic E-state index is 8.37. The molecule has 0 aromatic carbocycles. The molecule has 0 N–H and O–H groups in total. The molecule has 0 heterocycles. The fourth-order valence-electron chi connectivity index (χ4n) is 0.986. The molecule has 0 radical (unpaired) electrons. The first kappa shape index (κ1) is 5.37. The lowest BCUT2D eigenvalue weighted by atomic mass is 10.2. The highest BCUT2D eigenvalue weighted by molar-refractivity contribution is 5.24. The molecular weight excluding hydrogens is 98.1 g/mol. The van der Waals surface area contributed by atoms with E-state index in [4.69, 9.17) is 5.26 Å². The van der Waals surface area contributed by atoms with Crippen LogP contribution in [0.1, 0.15) is 19.8 Å². The normalized spacial score (nSPS) is 27.0. The zero-order chi connectivity index (χ0) is 5.98. The second-order valence-corrected chi connectivity index (χ2v) is 2.32. The summed E-state index contributed by atoms with van der Waals surface area (Å²) in [5.74, 6) is 0.643. The third-order valence-electron chi connectivity index (χ3n) is 1.50. The van der Waals surface area contributed by atoms with Crippen molar-refractivity contribution in [1.82, 2.24) is 0 Å². The van der Waals surface area contributed by atoms with Crippen LogP contribution in [0.25, 0.3) is 0 Å². The van der Waals surface area contributed by atoms with Gasteiger partial charge in [-0.25, -0.2) is 0 Å². The van der Waals surface area contributed by atoms with Gasteiger partial charge in [0.25, 0.3) is 0 Å². The van der Waals surface area contributed by atoms with Crippen LogP contribution in [0.15, 0.2) is 11.6 Å². The summed E-state index contributed by atoms with van der Waals surface area (Å²) in [5, 5.41) is 8.37. The van der Waals surface area contributed by atoms with Gasteiger partial charge in [-0.1, -0.05) is 13.0 Å². The smallest absolute Gasteiger partial charge is 0.0943 e. The molecule has 8 heavy (non-hydrogen) atoms. The SMILES string of the molecule is C[C@H]1C=C(C#N)CC1. The van der Waals surface area contributed by atoms with Gasteiger partial charge >= 0.3 is 0 Å². The van der Waals surface area contributed by atoms with Crippen molar-refractivity contribution in [2.24, 2.45) is 5.92 Å². The molecule has 1 aliphatic carbocycles. The Labute approximate surface area is 49.6 Å². The van der Waals surface area contributed by atoms with Gasteiger partial charge in [-0.2, -0.15) is 5.26 Å². The summed E-state index contributed by atoms with van der Waals surface area (Å²) in [5.41, 5.74) is 0.970. The van der Waals surface area contributed by atoms with E-state index in [0.29, 0.717) is 5.92 Å². The average Bonchev–Trinajstić information content (AvgIpc) is 2.14. The van der Waals surface area contributed by atoms with Gasteiger partial charge in [-0.3, -0.25) is 0 Å². The van der Waals surface area contributed by atoms with Gasteiger partial charge < -0.3 is 0 Å². The number of rotatable bonds is 0. The maximum absolute atomic E-state index is 8.37. The predicted molar refractivity (Wildman–Crippen MR) is 32.1 cm³/mol. The zero-order valence-corrected chi connectivity index (χ0v) is 5.02. The van der Waals surface area contributed by atoms with E-state index >= 15 is 0 Å². The van der Waals surface area contributed by atoms with Crippen molar-refractivity contribution in [3.63, 3.8) is 0 Å². The molecule has 1 rings (SSSR count). The first-order valence-electron chi connectivity index (χ1n) is 2.93. The van der Waals surface area contributed by atoms with E-state index in [1.54, 1.807) is 0 Å². The number of nitriles is 1. The standard InChI is InChI=1S/C7H9N/c1-6-2-3-7(4-6)5-8/h4,6H,2-3H2,1H3/t6-/m1/s1. The van der Waals surface area contributed by atoms with E-state index in [1.165, 1.54) is 6.42 Å². The lowest BCUT2D eigenvalue weighted by molar-refractivity contribution is 0.700. The predicted octanol–water partition coefficient (Wildman–Crippen LogP) is 1.87. The molecule has 0 saturated heterocycles. The van der Waals surface area contributed by atoms with Gasteiger partial charge in [-0.05, 0) is 18.8 Å². The first-order chi connectivity index (χ1) is 3.83. The zero-order valence-electron chi connectivity index (χ0n) is 5.02. The van der Waals surface area contributed by atoms with Crippen molar-refractivity contribution in [2.45, 2.75) is 19.8 Å². The highest BCUT2D eigenvalue weighted by Gasteiger charge is 2.09. The fourth-order valence-corrected chi connectivity index (χ4v) is 0.986. The molecule has 0 amide bonds. The third kappa shape index (κ3) is 0.894. The van der Waals surface area contributed by atoms with Crippen LogP contribution in [0.3, 0.4) is 0 Å². The minimum Gasteiger partial charge on any atom is -0.193 e. The van der Waals surface area contributed by atoms with Crippen molar-refractivity contribution in [1.29, 1.82) is 5.26 Å². The van der Waals surface area contributed by atoms with Gasteiger partial charge in [0, 0.05) is 5.57 Å². The molecule has 1 atom stereocenters. The summed E-state index contributed by atoms with van der Waals surface area (Å²) in [6.07, 6.45) is 4.22. The molecule has 0 aliphatic heterocycles. The van der Waals surface area contributed by atoms with Gasteiger partial charge in [-0.15, -0.1) is 0 Å². The average molecular weight is 107 g/mol. The Morgan fingerprint density at radius 3 is 2.88 bits per heavy atom. The molecule has 0 bridgehead atoms. The van der Waals surface area contributed by atoms with Crippen LogP contribution < -0.4 is 0 Å². The van der Waals surface area contributed by atoms with Crippen LogP contribution in [0.4, 0.5) is 0 Å². The van der Waals surface area contributed by atoms with E-state index in [0.717, 1.165) is 12.0 Å². The van der Waals surface area contributed by atoms with Crippen LogP contribution in [-0.2, 0) is 0 Å². The fraction of sp³-hybridized carbons (Fsp3) is 0.571. The number of hydrogen-bond donors (Lipinski definition) is 0. The molecular formula is C7H9N. The number of hydrogen-bond acceptors (Lipinski definition) is 1. The van der Waals surface area contributed by atoms with Crippen LogP contribution in [0.2, 0.25) is 0 Å². The second-order valence-electron chi connectivity index (χ2n) is 2.32. The minimum atomic E-state index is 0.643. The molecule has 1 nitrogen and oxygen atoms in total. The van der Waals surface area contributed by atoms with Crippen LogP contribution in [0.5, 0.6) is 0 Å². The molecule has 0 spiro atoms. The Bertz CT molecular complexity index is 150. The topological polar surface area (TPSA) is 23.8 Å². The van der Waals surface area contributed by atoms with Crippen molar-refractivity contribution in [2.75, 3.05) is 0 Å². The van der Waals surface area contributed by atoms with E-state index in [2.05, 4.69) is 19.1 Å². The summed E-state index contributed by atoms with van der Waals surface area (Å²) >= 11 is 0. The van der Waals surface area contributed by atoms with Crippen LogP contribution in [-0.4, -0.2) is 0 Å². The van der Waals surface area contributed by atoms with Crippen molar-refractivity contribution < 1.29 is 0 Å². The molecule has 0 saturated carbocycles. The van der Waals surface area contributed by atoms with Gasteiger partial charge in [0.15, 0.2) is 0 Å². The molecule has 0 aromatic heterocycles. The summed E-state index contributed by atoms with van der Waals surface area (Å²) in [6, 6.07) is 2.16. The van der Waals surface area contributed by atoms with Gasteiger partial charge in [0.1, 0.15) is 0 Å². The monoisotopic (exact) mass is 107 g/mol. The Morgan fingerprint density at radius 1 is 1.88 bits per heavy atom. The van der Waals surface area contributed by atoms with E-state index in [9.17, 15) is 0 Å². The lowest BCUT2D eigenvalue weighted by Crippen LogP contribution is -1.76. The van der Waals surface area contributed by atoms with E-state index in [-0.39, 0.29) is 0 Å². The Hall–Kier alpha value is -0.770. The van der Waals surface area contributed by atoms with Crippen LogP contribution >= 0.6 is 0 Å². The molecule has 1 aliphatic rings. The maximum Gasteiger partial charge on any atom is 0.0943 e. The van der Waals surface area contributed by atoms with Gasteiger partial charge in [0.2, 0.25) is 0 Å². The minimum absolute atomic E-state index is 0.643. The third-order valence-corrected chi connectivity index (χ3v) is 1.50. The summed E-state index contributed by atoms with van der Waals surface area (Å²) in [6.45, 7) is 2.14. The molecule has 0 aromatic rings. The molecule has 42 valence electrons. The largest absolute Gasteiger partial charge is 0.193 e.